The average Bonchev–Trinajstić information content (AvgIpc) is 2.78. The van der Waals surface area contributed by atoms with Crippen LogP contribution in [0.4, 0.5) is 0 Å². The maximum absolute atomic E-state index is 12.4. The molecule has 1 aromatic heterocycles. The van der Waals surface area contributed by atoms with Crippen molar-refractivity contribution in [1.29, 1.82) is 0 Å². The maximum Gasteiger partial charge on any atom is 0.224 e. The zero-order valence-corrected chi connectivity index (χ0v) is 12.5. The van der Waals surface area contributed by atoms with Crippen LogP contribution < -0.4 is 0 Å². The molecule has 1 aliphatic rings. The average molecular weight is 286 g/mol. The van der Waals surface area contributed by atoms with E-state index in [4.69, 9.17) is 0 Å². The van der Waals surface area contributed by atoms with Gasteiger partial charge in [0.1, 0.15) is 0 Å². The van der Waals surface area contributed by atoms with Crippen molar-refractivity contribution in [2.24, 2.45) is 0 Å². The number of aromatic nitrogens is 2. The van der Waals surface area contributed by atoms with Crippen LogP contribution in [-0.2, 0) is 11.3 Å². The van der Waals surface area contributed by atoms with Gasteiger partial charge in [0.15, 0.2) is 0 Å². The van der Waals surface area contributed by atoms with Crippen LogP contribution in [-0.4, -0.2) is 58.5 Å². The van der Waals surface area contributed by atoms with Crippen molar-refractivity contribution >= 4 is 16.9 Å². The van der Waals surface area contributed by atoms with Gasteiger partial charge in [0.05, 0.1) is 17.4 Å². The molecule has 1 saturated heterocycles. The second-order valence-corrected chi connectivity index (χ2v) is 5.71. The zero-order chi connectivity index (χ0) is 14.7. The van der Waals surface area contributed by atoms with Gasteiger partial charge in [0, 0.05) is 32.6 Å². The number of aryl methyl sites for hydroxylation is 1. The second kappa shape index (κ2) is 6.26. The summed E-state index contributed by atoms with van der Waals surface area (Å²) in [5.41, 5.74) is 2.09. The summed E-state index contributed by atoms with van der Waals surface area (Å²) in [5, 5.41) is 0. The molecule has 21 heavy (non-hydrogen) atoms. The molecular weight excluding hydrogens is 264 g/mol. The number of benzene rings is 1. The van der Waals surface area contributed by atoms with Crippen molar-refractivity contribution in [1.82, 2.24) is 19.4 Å². The third-order valence-corrected chi connectivity index (χ3v) is 4.17. The maximum atomic E-state index is 12.4. The normalized spacial score (nSPS) is 17.1. The molecule has 0 saturated carbocycles. The number of amides is 1. The summed E-state index contributed by atoms with van der Waals surface area (Å²) in [6.45, 7) is 4.48. The fourth-order valence-corrected chi connectivity index (χ4v) is 2.86. The molecule has 112 valence electrons. The van der Waals surface area contributed by atoms with E-state index in [0.29, 0.717) is 13.0 Å². The zero-order valence-electron chi connectivity index (χ0n) is 12.5. The van der Waals surface area contributed by atoms with E-state index in [-0.39, 0.29) is 5.91 Å². The summed E-state index contributed by atoms with van der Waals surface area (Å²) in [4.78, 5) is 21.0. The van der Waals surface area contributed by atoms with Gasteiger partial charge >= 0.3 is 0 Å². The molecule has 5 heteroatoms. The Balaban J connectivity index is 1.60. The van der Waals surface area contributed by atoms with E-state index in [2.05, 4.69) is 21.5 Å². The Bertz CT molecular complexity index is 622. The van der Waals surface area contributed by atoms with Crippen LogP contribution in [0, 0.1) is 0 Å². The number of fused-ring (bicyclic) bond motifs is 1. The number of rotatable bonds is 3. The fourth-order valence-electron chi connectivity index (χ4n) is 2.86. The van der Waals surface area contributed by atoms with Crippen LogP contribution in [0.3, 0.4) is 0 Å². The van der Waals surface area contributed by atoms with Crippen LogP contribution in [0.25, 0.3) is 11.0 Å². The molecule has 0 aliphatic carbocycles. The predicted octanol–water partition coefficient (Wildman–Crippen LogP) is 1.59. The molecule has 2 aromatic rings. The molecule has 1 amide bonds. The Morgan fingerprint density at radius 1 is 1.19 bits per heavy atom. The van der Waals surface area contributed by atoms with Crippen molar-refractivity contribution in [2.45, 2.75) is 19.4 Å². The highest BCUT2D eigenvalue weighted by Crippen LogP contribution is 2.13. The van der Waals surface area contributed by atoms with E-state index >= 15 is 0 Å². The first-order valence-electron chi connectivity index (χ1n) is 7.60. The van der Waals surface area contributed by atoms with Gasteiger partial charge in [-0.25, -0.2) is 4.98 Å². The molecule has 2 heterocycles. The predicted molar refractivity (Wildman–Crippen MR) is 83.0 cm³/mol. The molecule has 0 bridgehead atoms. The van der Waals surface area contributed by atoms with Gasteiger partial charge < -0.3 is 14.4 Å². The van der Waals surface area contributed by atoms with Gasteiger partial charge in [0.2, 0.25) is 5.91 Å². The monoisotopic (exact) mass is 286 g/mol. The molecule has 5 nitrogen and oxygen atoms in total. The van der Waals surface area contributed by atoms with E-state index in [0.717, 1.165) is 43.6 Å². The van der Waals surface area contributed by atoms with Crippen molar-refractivity contribution in [3.63, 3.8) is 0 Å². The highest BCUT2D eigenvalue weighted by Gasteiger charge is 2.17. The Kier molecular flexibility index (Phi) is 4.20. The van der Waals surface area contributed by atoms with Gasteiger partial charge in [-0.15, -0.1) is 0 Å². The summed E-state index contributed by atoms with van der Waals surface area (Å²) >= 11 is 0. The lowest BCUT2D eigenvalue weighted by Crippen LogP contribution is -2.34. The first-order chi connectivity index (χ1) is 10.2. The lowest BCUT2D eigenvalue weighted by molar-refractivity contribution is -0.131. The highest BCUT2D eigenvalue weighted by molar-refractivity contribution is 5.77. The smallest absolute Gasteiger partial charge is 0.224 e. The molecule has 1 fully saturated rings. The number of carbonyl (C=O) groups is 1. The summed E-state index contributed by atoms with van der Waals surface area (Å²) in [5.74, 6) is 0.253. The summed E-state index contributed by atoms with van der Waals surface area (Å²) in [6, 6.07) is 8.04. The number of hydrogen-bond acceptors (Lipinski definition) is 3. The number of likely N-dealkylation sites (N-methyl/N-ethyl adjacent to an activating group) is 1. The molecule has 0 N–H and O–H groups in total. The first-order valence-corrected chi connectivity index (χ1v) is 7.60. The number of carbonyl (C=O) groups excluding carboxylic acids is 1. The van der Waals surface area contributed by atoms with Crippen molar-refractivity contribution in [3.05, 3.63) is 30.6 Å². The van der Waals surface area contributed by atoms with Gasteiger partial charge in [-0.1, -0.05) is 12.1 Å². The quantitative estimate of drug-likeness (QED) is 0.860. The third-order valence-electron chi connectivity index (χ3n) is 4.17. The lowest BCUT2D eigenvalue weighted by atomic mass is 10.3. The van der Waals surface area contributed by atoms with E-state index in [1.165, 1.54) is 0 Å². The minimum Gasteiger partial charge on any atom is -0.341 e. The number of para-hydroxylation sites is 2. The van der Waals surface area contributed by atoms with Crippen LogP contribution in [0.15, 0.2) is 30.6 Å². The largest absolute Gasteiger partial charge is 0.341 e. The Labute approximate surface area is 125 Å². The van der Waals surface area contributed by atoms with Crippen LogP contribution >= 0.6 is 0 Å². The van der Waals surface area contributed by atoms with Crippen molar-refractivity contribution < 1.29 is 4.79 Å². The molecular formula is C16H22N4O. The standard InChI is InChI=1S/C16H22N4O/c1-18-8-4-9-19(12-11-18)16(21)7-10-20-13-17-14-5-2-3-6-15(14)20/h2-3,5-6,13H,4,7-12H2,1H3. The Morgan fingerprint density at radius 3 is 2.95 bits per heavy atom. The molecule has 0 spiro atoms. The summed E-state index contributed by atoms with van der Waals surface area (Å²) < 4.78 is 2.07. The first kappa shape index (κ1) is 14.1. The molecule has 0 radical (unpaired) electrons. The number of imidazole rings is 1. The van der Waals surface area contributed by atoms with Gasteiger partial charge in [0.25, 0.3) is 0 Å². The number of hydrogen-bond donors (Lipinski definition) is 0. The van der Waals surface area contributed by atoms with E-state index in [1.54, 1.807) is 0 Å². The van der Waals surface area contributed by atoms with Gasteiger partial charge in [-0.3, -0.25) is 4.79 Å². The molecule has 0 atom stereocenters. The summed E-state index contributed by atoms with van der Waals surface area (Å²) in [6.07, 6.45) is 3.44. The lowest BCUT2D eigenvalue weighted by Gasteiger charge is -2.20. The SMILES string of the molecule is CN1CCCN(C(=O)CCn2cnc3ccccc32)CC1. The second-order valence-electron chi connectivity index (χ2n) is 5.71. The van der Waals surface area contributed by atoms with Crippen molar-refractivity contribution in [3.8, 4) is 0 Å². The van der Waals surface area contributed by atoms with Gasteiger partial charge in [-0.05, 0) is 32.1 Å². The third kappa shape index (κ3) is 3.24. The summed E-state index contributed by atoms with van der Waals surface area (Å²) in [7, 11) is 2.12. The topological polar surface area (TPSA) is 41.4 Å². The van der Waals surface area contributed by atoms with Crippen LogP contribution in [0.5, 0.6) is 0 Å². The molecule has 3 rings (SSSR count). The minimum absolute atomic E-state index is 0.253. The molecule has 1 aromatic carbocycles. The van der Waals surface area contributed by atoms with E-state index < -0.39 is 0 Å². The Hall–Kier alpha value is -1.88. The van der Waals surface area contributed by atoms with Crippen LogP contribution in [0.1, 0.15) is 12.8 Å². The molecule has 1 aliphatic heterocycles. The van der Waals surface area contributed by atoms with E-state index in [1.807, 2.05) is 35.5 Å². The molecule has 0 unspecified atom stereocenters. The minimum atomic E-state index is 0.253. The van der Waals surface area contributed by atoms with Gasteiger partial charge in [-0.2, -0.15) is 0 Å². The van der Waals surface area contributed by atoms with E-state index in [9.17, 15) is 4.79 Å². The Morgan fingerprint density at radius 2 is 2.05 bits per heavy atom. The highest BCUT2D eigenvalue weighted by atomic mass is 16.2. The fraction of sp³-hybridized carbons (Fsp3) is 0.500. The van der Waals surface area contributed by atoms with Crippen molar-refractivity contribution in [2.75, 3.05) is 33.2 Å². The van der Waals surface area contributed by atoms with Crippen LogP contribution in [0.2, 0.25) is 0 Å². The number of nitrogens with zero attached hydrogens (tertiary/aromatic N) is 4.